The number of halogens is 1. The van der Waals surface area contributed by atoms with E-state index >= 15 is 0 Å². The van der Waals surface area contributed by atoms with Crippen LogP contribution >= 0.6 is 11.6 Å². The van der Waals surface area contributed by atoms with Gasteiger partial charge in [-0.25, -0.2) is 0 Å². The van der Waals surface area contributed by atoms with E-state index in [0.717, 1.165) is 12.0 Å². The summed E-state index contributed by atoms with van der Waals surface area (Å²) in [5.41, 5.74) is 0.880. The fourth-order valence-corrected chi connectivity index (χ4v) is 2.00. The van der Waals surface area contributed by atoms with Gasteiger partial charge in [-0.2, -0.15) is 0 Å². The van der Waals surface area contributed by atoms with Gasteiger partial charge in [-0.05, 0) is 24.1 Å². The summed E-state index contributed by atoms with van der Waals surface area (Å²) in [5.74, 6) is -0.939. The fourth-order valence-electron chi connectivity index (χ4n) is 1.87. The van der Waals surface area contributed by atoms with E-state index in [1.807, 2.05) is 19.1 Å². The zero-order valence-electron chi connectivity index (χ0n) is 7.83. The molecule has 14 heavy (non-hydrogen) atoms. The molecule has 2 nitrogen and oxygen atoms in total. The first-order valence-corrected chi connectivity index (χ1v) is 4.91. The lowest BCUT2D eigenvalue weighted by atomic mass is 9.96. The third-order valence-electron chi connectivity index (χ3n) is 3.04. The molecule has 0 spiro atoms. The summed E-state index contributed by atoms with van der Waals surface area (Å²) in [6.07, 6.45) is 0.726. The minimum absolute atomic E-state index is 0.184. The van der Waals surface area contributed by atoms with E-state index in [-0.39, 0.29) is 11.3 Å². The number of hydrogen-bond acceptors (Lipinski definition) is 1. The molecule has 0 aromatic heterocycles. The van der Waals surface area contributed by atoms with Gasteiger partial charge < -0.3 is 5.11 Å². The van der Waals surface area contributed by atoms with Crippen LogP contribution in [-0.4, -0.2) is 11.1 Å². The predicted octanol–water partition coefficient (Wildman–Crippen LogP) is 2.70. The van der Waals surface area contributed by atoms with Gasteiger partial charge in [0.25, 0.3) is 0 Å². The van der Waals surface area contributed by atoms with Crippen molar-refractivity contribution in [1.82, 2.24) is 0 Å². The molecule has 1 saturated carbocycles. The Bertz CT molecular complexity index is 371. The number of hydrogen-bond donors (Lipinski definition) is 1. The van der Waals surface area contributed by atoms with E-state index < -0.39 is 5.97 Å². The number of benzene rings is 1. The van der Waals surface area contributed by atoms with Crippen LogP contribution in [0.4, 0.5) is 0 Å². The van der Waals surface area contributed by atoms with Crippen LogP contribution in [-0.2, 0) is 10.2 Å². The first kappa shape index (κ1) is 9.53. The second kappa shape index (κ2) is 2.99. The molecule has 0 saturated heterocycles. The number of rotatable bonds is 2. The highest BCUT2D eigenvalue weighted by Gasteiger charge is 2.55. The number of carbonyl (C=O) groups is 1. The normalized spacial score (nSPS) is 30.0. The van der Waals surface area contributed by atoms with Crippen LogP contribution in [0.2, 0.25) is 5.02 Å². The maximum atomic E-state index is 10.8. The summed E-state index contributed by atoms with van der Waals surface area (Å²) >= 11 is 5.76. The largest absolute Gasteiger partial charge is 0.481 e. The van der Waals surface area contributed by atoms with Crippen molar-refractivity contribution in [1.29, 1.82) is 0 Å². The van der Waals surface area contributed by atoms with E-state index in [9.17, 15) is 4.79 Å². The van der Waals surface area contributed by atoms with Crippen LogP contribution in [0.1, 0.15) is 18.9 Å². The van der Waals surface area contributed by atoms with Gasteiger partial charge in [-0.15, -0.1) is 0 Å². The molecule has 0 bridgehead atoms. The van der Waals surface area contributed by atoms with Crippen molar-refractivity contribution in [3.8, 4) is 0 Å². The molecule has 74 valence electrons. The summed E-state index contributed by atoms with van der Waals surface area (Å²) in [4.78, 5) is 10.8. The highest BCUT2D eigenvalue weighted by Crippen LogP contribution is 2.54. The Labute approximate surface area is 87.5 Å². The van der Waals surface area contributed by atoms with Crippen LogP contribution in [0.25, 0.3) is 0 Å². The smallest absolute Gasteiger partial charge is 0.307 e. The molecule has 2 atom stereocenters. The summed E-state index contributed by atoms with van der Waals surface area (Å²) in [5, 5.41) is 9.56. The van der Waals surface area contributed by atoms with Crippen LogP contribution in [0.5, 0.6) is 0 Å². The Hall–Kier alpha value is -1.02. The van der Waals surface area contributed by atoms with Crippen molar-refractivity contribution in [3.63, 3.8) is 0 Å². The molecule has 1 aliphatic carbocycles. The van der Waals surface area contributed by atoms with Crippen LogP contribution in [0.15, 0.2) is 24.3 Å². The zero-order valence-corrected chi connectivity index (χ0v) is 8.58. The molecule has 0 unspecified atom stereocenters. The van der Waals surface area contributed by atoms with Gasteiger partial charge in [0.15, 0.2) is 0 Å². The van der Waals surface area contributed by atoms with Crippen molar-refractivity contribution >= 4 is 17.6 Å². The summed E-state index contributed by atoms with van der Waals surface area (Å²) in [6.45, 7) is 1.98. The number of carboxylic acid groups (broad SMARTS) is 1. The molecule has 0 amide bonds. The minimum atomic E-state index is -0.706. The van der Waals surface area contributed by atoms with Gasteiger partial charge >= 0.3 is 5.97 Å². The molecule has 1 N–H and O–H groups in total. The van der Waals surface area contributed by atoms with Crippen molar-refractivity contribution in [3.05, 3.63) is 34.9 Å². The van der Waals surface area contributed by atoms with Crippen molar-refractivity contribution in [2.24, 2.45) is 5.92 Å². The fraction of sp³-hybridized carbons (Fsp3) is 0.364. The predicted molar refractivity (Wildman–Crippen MR) is 54.5 cm³/mol. The van der Waals surface area contributed by atoms with E-state index in [1.165, 1.54) is 0 Å². The monoisotopic (exact) mass is 210 g/mol. The van der Waals surface area contributed by atoms with Gasteiger partial charge in [-0.3, -0.25) is 4.79 Å². The van der Waals surface area contributed by atoms with E-state index in [0.29, 0.717) is 5.02 Å². The average Bonchev–Trinajstić information content (AvgIpc) is 2.80. The molecular weight excluding hydrogens is 200 g/mol. The summed E-state index contributed by atoms with van der Waals surface area (Å²) in [7, 11) is 0. The molecule has 3 heteroatoms. The molecule has 0 aliphatic heterocycles. The van der Waals surface area contributed by atoms with Crippen molar-refractivity contribution in [2.45, 2.75) is 18.8 Å². The second-order valence-electron chi connectivity index (χ2n) is 4.02. The SMILES string of the molecule is C[C@]1(c2ccc(Cl)cc2)C[C@@H]1C(=O)O. The summed E-state index contributed by atoms with van der Waals surface area (Å²) in [6, 6.07) is 7.43. The highest BCUT2D eigenvalue weighted by molar-refractivity contribution is 6.30. The van der Waals surface area contributed by atoms with Crippen LogP contribution in [0.3, 0.4) is 0 Å². The lowest BCUT2D eigenvalue weighted by molar-refractivity contribution is -0.138. The Morgan fingerprint density at radius 1 is 1.50 bits per heavy atom. The highest BCUT2D eigenvalue weighted by atomic mass is 35.5. The van der Waals surface area contributed by atoms with Gasteiger partial charge in [0.2, 0.25) is 0 Å². The second-order valence-corrected chi connectivity index (χ2v) is 4.46. The molecule has 0 radical (unpaired) electrons. The Balaban J connectivity index is 2.25. The molecule has 1 aromatic rings. The van der Waals surface area contributed by atoms with E-state index in [4.69, 9.17) is 16.7 Å². The lowest BCUT2D eigenvalue weighted by Gasteiger charge is -2.09. The van der Waals surface area contributed by atoms with Gasteiger partial charge in [0.05, 0.1) is 5.92 Å². The first-order valence-electron chi connectivity index (χ1n) is 4.53. The van der Waals surface area contributed by atoms with E-state index in [1.54, 1.807) is 12.1 Å². The molecular formula is C11H11ClO2. The van der Waals surface area contributed by atoms with Crippen molar-refractivity contribution in [2.75, 3.05) is 0 Å². The van der Waals surface area contributed by atoms with Crippen LogP contribution in [0, 0.1) is 5.92 Å². The topological polar surface area (TPSA) is 37.3 Å². The third kappa shape index (κ3) is 1.40. The zero-order chi connectivity index (χ0) is 10.3. The van der Waals surface area contributed by atoms with Gasteiger partial charge in [0.1, 0.15) is 0 Å². The quantitative estimate of drug-likeness (QED) is 0.815. The molecule has 0 heterocycles. The average molecular weight is 211 g/mol. The maximum absolute atomic E-state index is 10.8. The van der Waals surface area contributed by atoms with Crippen molar-refractivity contribution < 1.29 is 9.90 Å². The standard InChI is InChI=1S/C11H11ClO2/c1-11(6-9(11)10(13)14)7-2-4-8(12)5-3-7/h2-5,9H,6H2,1H3,(H,13,14)/t9-,11-/m1/s1. The molecule has 1 fully saturated rings. The Morgan fingerprint density at radius 2 is 2.07 bits per heavy atom. The summed E-state index contributed by atoms with van der Waals surface area (Å²) < 4.78 is 0. The van der Waals surface area contributed by atoms with E-state index in [2.05, 4.69) is 0 Å². The lowest BCUT2D eigenvalue weighted by Crippen LogP contribution is -2.10. The molecule has 1 aromatic carbocycles. The first-order chi connectivity index (χ1) is 6.54. The maximum Gasteiger partial charge on any atom is 0.307 e. The Morgan fingerprint density at radius 3 is 2.50 bits per heavy atom. The molecule has 2 rings (SSSR count). The van der Waals surface area contributed by atoms with Crippen LogP contribution < -0.4 is 0 Å². The van der Waals surface area contributed by atoms with Gasteiger partial charge in [-0.1, -0.05) is 30.7 Å². The number of carboxylic acids is 1. The third-order valence-corrected chi connectivity index (χ3v) is 3.29. The van der Waals surface area contributed by atoms with Gasteiger partial charge in [0, 0.05) is 10.4 Å². The number of aliphatic carboxylic acids is 1. The molecule has 1 aliphatic rings. The Kier molecular flexibility index (Phi) is 2.04. The minimum Gasteiger partial charge on any atom is -0.481 e.